The van der Waals surface area contributed by atoms with Crippen molar-refractivity contribution in [2.75, 3.05) is 13.1 Å². The van der Waals surface area contributed by atoms with Crippen LogP contribution in [0.1, 0.15) is 40.4 Å². The third-order valence-corrected chi connectivity index (χ3v) is 4.82. The van der Waals surface area contributed by atoms with E-state index in [2.05, 4.69) is 22.1 Å². The van der Waals surface area contributed by atoms with Gasteiger partial charge >= 0.3 is 0 Å². The lowest BCUT2D eigenvalue weighted by atomic mass is 9.94. The van der Waals surface area contributed by atoms with Crippen LogP contribution in [-0.4, -0.2) is 33.9 Å². The molecule has 5 nitrogen and oxygen atoms in total. The Balaban J connectivity index is 1.53. The minimum atomic E-state index is 0.0309. The number of likely N-dealkylation sites (tertiary alicyclic amines) is 1. The highest BCUT2D eigenvalue weighted by Crippen LogP contribution is 2.29. The number of benzene rings is 1. The summed E-state index contributed by atoms with van der Waals surface area (Å²) in [6.07, 6.45) is 3.83. The van der Waals surface area contributed by atoms with Crippen molar-refractivity contribution in [3.05, 3.63) is 65.5 Å². The average Bonchev–Trinajstić information content (AvgIpc) is 3.12. The van der Waals surface area contributed by atoms with Gasteiger partial charge in [-0.1, -0.05) is 0 Å². The number of amides is 1. The van der Waals surface area contributed by atoms with Gasteiger partial charge < -0.3 is 9.88 Å². The second kappa shape index (κ2) is 6.40. The fourth-order valence-corrected chi connectivity index (χ4v) is 3.48. The van der Waals surface area contributed by atoms with E-state index in [1.54, 1.807) is 30.5 Å². The molecule has 3 heterocycles. The summed E-state index contributed by atoms with van der Waals surface area (Å²) < 4.78 is 0. The molecule has 1 saturated heterocycles. The van der Waals surface area contributed by atoms with Crippen LogP contribution in [0, 0.1) is 11.3 Å². The average molecular weight is 330 g/mol. The summed E-state index contributed by atoms with van der Waals surface area (Å²) in [5.74, 6) is 0.328. The van der Waals surface area contributed by atoms with E-state index in [1.807, 2.05) is 17.0 Å². The third kappa shape index (κ3) is 2.99. The highest BCUT2D eigenvalue weighted by atomic mass is 16.2. The van der Waals surface area contributed by atoms with Gasteiger partial charge in [-0.15, -0.1) is 0 Å². The Labute approximate surface area is 145 Å². The van der Waals surface area contributed by atoms with E-state index in [9.17, 15) is 4.79 Å². The standard InChI is InChI=1S/C20H18N4O/c21-12-14-5-7-15(8-6-14)20(25)24-10-2-3-16(13-24)18-11-19-17(23-18)4-1-9-22-19/h1,4-9,11,16,23H,2-3,10,13H2. The van der Waals surface area contributed by atoms with E-state index >= 15 is 0 Å². The Morgan fingerprint density at radius 2 is 2.12 bits per heavy atom. The summed E-state index contributed by atoms with van der Waals surface area (Å²) in [4.78, 5) is 22.5. The van der Waals surface area contributed by atoms with E-state index in [0.717, 1.165) is 36.1 Å². The van der Waals surface area contributed by atoms with Gasteiger partial charge in [0.1, 0.15) is 0 Å². The molecule has 1 atom stereocenters. The molecule has 1 aromatic carbocycles. The van der Waals surface area contributed by atoms with E-state index in [0.29, 0.717) is 23.6 Å². The monoisotopic (exact) mass is 330 g/mol. The van der Waals surface area contributed by atoms with Crippen molar-refractivity contribution in [1.29, 1.82) is 5.26 Å². The fourth-order valence-electron chi connectivity index (χ4n) is 3.48. The predicted octanol–water partition coefficient (Wildman–Crippen LogP) is 3.45. The van der Waals surface area contributed by atoms with Crippen LogP contribution in [-0.2, 0) is 0 Å². The minimum Gasteiger partial charge on any atom is -0.357 e. The fraction of sp³-hybridized carbons (Fsp3) is 0.250. The molecule has 0 radical (unpaired) electrons. The van der Waals surface area contributed by atoms with Crippen molar-refractivity contribution in [3.63, 3.8) is 0 Å². The summed E-state index contributed by atoms with van der Waals surface area (Å²) in [5, 5.41) is 8.88. The summed E-state index contributed by atoms with van der Waals surface area (Å²) in [7, 11) is 0. The number of carbonyl (C=O) groups is 1. The number of aromatic nitrogens is 2. The molecule has 124 valence electrons. The lowest BCUT2D eigenvalue weighted by Gasteiger charge is -2.32. The molecule has 5 heteroatoms. The molecule has 1 aliphatic rings. The maximum atomic E-state index is 12.8. The van der Waals surface area contributed by atoms with Gasteiger partial charge in [0, 0.05) is 36.5 Å². The van der Waals surface area contributed by atoms with E-state index in [-0.39, 0.29) is 5.91 Å². The molecule has 1 N–H and O–H groups in total. The summed E-state index contributed by atoms with van der Waals surface area (Å²) in [6.45, 7) is 1.47. The molecule has 0 saturated carbocycles. The van der Waals surface area contributed by atoms with Crippen molar-refractivity contribution >= 4 is 16.9 Å². The number of hydrogen-bond acceptors (Lipinski definition) is 3. The van der Waals surface area contributed by atoms with Gasteiger partial charge in [0.25, 0.3) is 5.91 Å². The Morgan fingerprint density at radius 3 is 2.88 bits per heavy atom. The van der Waals surface area contributed by atoms with Crippen LogP contribution in [0.4, 0.5) is 0 Å². The van der Waals surface area contributed by atoms with Gasteiger partial charge in [-0.25, -0.2) is 0 Å². The zero-order valence-electron chi connectivity index (χ0n) is 13.8. The van der Waals surface area contributed by atoms with Gasteiger partial charge in [0.15, 0.2) is 0 Å². The van der Waals surface area contributed by atoms with Gasteiger partial charge in [-0.3, -0.25) is 9.78 Å². The highest BCUT2D eigenvalue weighted by molar-refractivity contribution is 5.94. The first-order valence-corrected chi connectivity index (χ1v) is 8.47. The molecule has 1 aliphatic heterocycles. The summed E-state index contributed by atoms with van der Waals surface area (Å²) in [6, 6.07) is 15.0. The Bertz CT molecular complexity index is 919. The quantitative estimate of drug-likeness (QED) is 0.782. The summed E-state index contributed by atoms with van der Waals surface area (Å²) >= 11 is 0. The second-order valence-corrected chi connectivity index (χ2v) is 6.44. The number of H-pyrrole nitrogens is 1. The van der Waals surface area contributed by atoms with Crippen LogP contribution in [0.3, 0.4) is 0 Å². The highest BCUT2D eigenvalue weighted by Gasteiger charge is 2.26. The van der Waals surface area contributed by atoms with Crippen molar-refractivity contribution in [1.82, 2.24) is 14.9 Å². The van der Waals surface area contributed by atoms with Crippen molar-refractivity contribution < 1.29 is 4.79 Å². The van der Waals surface area contributed by atoms with Gasteiger partial charge in [0.05, 0.1) is 22.7 Å². The molecule has 0 aliphatic carbocycles. The zero-order valence-corrected chi connectivity index (χ0v) is 13.8. The SMILES string of the molecule is N#Cc1ccc(C(=O)N2CCCC(c3cc4ncccc4[nH]3)C2)cc1. The topological polar surface area (TPSA) is 72.8 Å². The minimum absolute atomic E-state index is 0.0309. The third-order valence-electron chi connectivity index (χ3n) is 4.82. The molecule has 1 amide bonds. The van der Waals surface area contributed by atoms with Crippen molar-refractivity contribution in [3.8, 4) is 6.07 Å². The number of nitrogens with one attached hydrogen (secondary N) is 1. The molecular weight excluding hydrogens is 312 g/mol. The smallest absolute Gasteiger partial charge is 0.253 e. The van der Waals surface area contributed by atoms with Gasteiger partial charge in [-0.05, 0) is 55.3 Å². The predicted molar refractivity (Wildman–Crippen MR) is 95.1 cm³/mol. The number of pyridine rings is 1. The van der Waals surface area contributed by atoms with Gasteiger partial charge in [-0.2, -0.15) is 5.26 Å². The summed E-state index contributed by atoms with van der Waals surface area (Å²) in [5.41, 5.74) is 4.35. The lowest BCUT2D eigenvalue weighted by molar-refractivity contribution is 0.0706. The molecule has 4 rings (SSSR count). The number of piperidine rings is 1. The number of aromatic amines is 1. The van der Waals surface area contributed by atoms with Gasteiger partial charge in [0.2, 0.25) is 0 Å². The molecule has 1 fully saturated rings. The van der Waals surface area contributed by atoms with Crippen LogP contribution in [0.25, 0.3) is 11.0 Å². The largest absolute Gasteiger partial charge is 0.357 e. The number of fused-ring (bicyclic) bond motifs is 1. The number of nitrogens with zero attached hydrogens (tertiary/aromatic N) is 3. The molecule has 0 spiro atoms. The Morgan fingerprint density at radius 1 is 1.28 bits per heavy atom. The first kappa shape index (κ1) is 15.4. The normalized spacial score (nSPS) is 17.4. The maximum absolute atomic E-state index is 12.8. The number of hydrogen-bond donors (Lipinski definition) is 1. The molecule has 1 unspecified atom stereocenters. The molecule has 0 bridgehead atoms. The van der Waals surface area contributed by atoms with Crippen LogP contribution in [0.2, 0.25) is 0 Å². The maximum Gasteiger partial charge on any atom is 0.253 e. The number of rotatable bonds is 2. The molecule has 25 heavy (non-hydrogen) atoms. The first-order chi connectivity index (χ1) is 12.2. The van der Waals surface area contributed by atoms with Crippen LogP contribution >= 0.6 is 0 Å². The molecular formula is C20H18N4O. The first-order valence-electron chi connectivity index (χ1n) is 8.47. The number of nitriles is 1. The van der Waals surface area contributed by atoms with Crippen LogP contribution < -0.4 is 0 Å². The lowest BCUT2D eigenvalue weighted by Crippen LogP contribution is -2.39. The van der Waals surface area contributed by atoms with E-state index in [1.165, 1.54) is 0 Å². The number of carbonyl (C=O) groups excluding carboxylic acids is 1. The second-order valence-electron chi connectivity index (χ2n) is 6.44. The molecule has 3 aromatic rings. The van der Waals surface area contributed by atoms with Crippen LogP contribution in [0.5, 0.6) is 0 Å². The van der Waals surface area contributed by atoms with E-state index in [4.69, 9.17) is 5.26 Å². The van der Waals surface area contributed by atoms with Crippen molar-refractivity contribution in [2.45, 2.75) is 18.8 Å². The Kier molecular flexibility index (Phi) is 3.95. The van der Waals surface area contributed by atoms with E-state index < -0.39 is 0 Å². The zero-order chi connectivity index (χ0) is 17.2. The Hall–Kier alpha value is -3.13. The van der Waals surface area contributed by atoms with Crippen molar-refractivity contribution in [2.24, 2.45) is 0 Å². The van der Waals surface area contributed by atoms with Crippen LogP contribution in [0.15, 0.2) is 48.7 Å². The molecule has 2 aromatic heterocycles.